The van der Waals surface area contributed by atoms with Gasteiger partial charge in [0.05, 0.1) is 5.69 Å². The minimum atomic E-state index is 0.0630. The lowest BCUT2D eigenvalue weighted by molar-refractivity contribution is -0.116. The Kier molecular flexibility index (Phi) is 3.68. The molecule has 0 aliphatic carbocycles. The summed E-state index contributed by atoms with van der Waals surface area (Å²) < 4.78 is 0. The molecule has 2 aromatic carbocycles. The van der Waals surface area contributed by atoms with Crippen molar-refractivity contribution in [2.24, 2.45) is 0 Å². The number of halogens is 1. The average Bonchev–Trinajstić information content (AvgIpc) is 2.99. The van der Waals surface area contributed by atoms with E-state index in [-0.39, 0.29) is 11.8 Å². The maximum absolute atomic E-state index is 12.2. The van der Waals surface area contributed by atoms with Crippen LogP contribution in [0.3, 0.4) is 0 Å². The Hall–Kier alpha value is -2.10. The second kappa shape index (κ2) is 5.84. The van der Waals surface area contributed by atoms with E-state index in [1.165, 1.54) is 4.88 Å². The molecule has 1 aliphatic heterocycles. The number of amides is 1. The molecule has 23 heavy (non-hydrogen) atoms. The van der Waals surface area contributed by atoms with Gasteiger partial charge in [-0.05, 0) is 23.3 Å². The smallest absolute Gasteiger partial charge is 0.225 e. The molecule has 4 heteroatoms. The van der Waals surface area contributed by atoms with Crippen LogP contribution in [0.15, 0.2) is 60.0 Å². The summed E-state index contributed by atoms with van der Waals surface area (Å²) in [6.07, 6.45) is 0.476. The number of nitrogens with one attached hydrogen (secondary N) is 1. The Balaban J connectivity index is 1.81. The van der Waals surface area contributed by atoms with Crippen molar-refractivity contribution in [3.63, 3.8) is 0 Å². The predicted octanol–water partition coefficient (Wildman–Crippen LogP) is 5.54. The van der Waals surface area contributed by atoms with Gasteiger partial charge in [-0.2, -0.15) is 0 Å². The lowest BCUT2D eigenvalue weighted by atomic mass is 9.89. The largest absolute Gasteiger partial charge is 0.325 e. The molecule has 1 aliphatic rings. The molecule has 114 valence electrons. The van der Waals surface area contributed by atoms with Crippen LogP contribution in [0.2, 0.25) is 5.02 Å². The van der Waals surface area contributed by atoms with E-state index in [1.807, 2.05) is 42.5 Å². The second-order valence-electron chi connectivity index (χ2n) is 5.61. The van der Waals surface area contributed by atoms with E-state index in [0.717, 1.165) is 22.4 Å². The lowest BCUT2D eigenvalue weighted by Gasteiger charge is -2.24. The normalized spacial score (nSPS) is 16.7. The van der Waals surface area contributed by atoms with Gasteiger partial charge in [-0.1, -0.05) is 54.1 Å². The van der Waals surface area contributed by atoms with Gasteiger partial charge in [-0.3, -0.25) is 4.79 Å². The summed E-state index contributed by atoms with van der Waals surface area (Å²) in [7, 11) is 0. The van der Waals surface area contributed by atoms with Gasteiger partial charge in [0, 0.05) is 33.2 Å². The topological polar surface area (TPSA) is 29.1 Å². The molecule has 0 radical (unpaired) electrons. The standard InChI is InChI=1S/C19H14ClNOS/c20-14-8-6-13(7-9-14)15-10-17(22)21-18-16(11-23-19(15)18)12-4-2-1-3-5-12/h1-9,11,15H,10H2,(H,21,22)/t15-/m0/s1. The van der Waals surface area contributed by atoms with Gasteiger partial charge in [0.1, 0.15) is 0 Å². The summed E-state index contributed by atoms with van der Waals surface area (Å²) in [5, 5.41) is 5.91. The van der Waals surface area contributed by atoms with Crippen molar-refractivity contribution >= 4 is 34.5 Å². The maximum atomic E-state index is 12.2. The zero-order valence-electron chi connectivity index (χ0n) is 12.3. The zero-order chi connectivity index (χ0) is 15.8. The fraction of sp³-hybridized carbons (Fsp3) is 0.105. The summed E-state index contributed by atoms with van der Waals surface area (Å²) in [6.45, 7) is 0. The molecule has 2 nitrogen and oxygen atoms in total. The van der Waals surface area contributed by atoms with E-state index in [1.54, 1.807) is 11.3 Å². The van der Waals surface area contributed by atoms with Gasteiger partial charge in [0.15, 0.2) is 0 Å². The van der Waals surface area contributed by atoms with Crippen LogP contribution in [-0.2, 0) is 4.79 Å². The first-order valence-electron chi connectivity index (χ1n) is 7.44. The van der Waals surface area contributed by atoms with Gasteiger partial charge < -0.3 is 5.32 Å². The van der Waals surface area contributed by atoms with Crippen molar-refractivity contribution in [3.05, 3.63) is 75.4 Å². The van der Waals surface area contributed by atoms with Crippen LogP contribution in [-0.4, -0.2) is 5.91 Å². The highest BCUT2D eigenvalue weighted by Gasteiger charge is 2.30. The van der Waals surface area contributed by atoms with Crippen LogP contribution in [0.5, 0.6) is 0 Å². The average molecular weight is 340 g/mol. The first-order chi connectivity index (χ1) is 11.2. The number of carbonyl (C=O) groups excluding carboxylic acids is 1. The number of fused-ring (bicyclic) bond motifs is 1. The molecule has 0 saturated carbocycles. The van der Waals surface area contributed by atoms with Crippen molar-refractivity contribution in [1.29, 1.82) is 0 Å². The zero-order valence-corrected chi connectivity index (χ0v) is 13.8. The molecule has 1 amide bonds. The van der Waals surface area contributed by atoms with E-state index in [2.05, 4.69) is 22.8 Å². The Morgan fingerprint density at radius 3 is 2.52 bits per heavy atom. The molecule has 0 spiro atoms. The second-order valence-corrected chi connectivity index (χ2v) is 6.96. The molecule has 0 unspecified atom stereocenters. The van der Waals surface area contributed by atoms with Gasteiger partial charge in [-0.15, -0.1) is 11.3 Å². The summed E-state index contributed by atoms with van der Waals surface area (Å²) in [5.41, 5.74) is 4.31. The van der Waals surface area contributed by atoms with Crippen LogP contribution in [0.1, 0.15) is 22.8 Å². The van der Waals surface area contributed by atoms with Crippen molar-refractivity contribution in [3.8, 4) is 11.1 Å². The van der Waals surface area contributed by atoms with Crippen LogP contribution < -0.4 is 5.32 Å². The van der Waals surface area contributed by atoms with Gasteiger partial charge in [-0.25, -0.2) is 0 Å². The molecule has 1 N–H and O–H groups in total. The fourth-order valence-corrected chi connectivity index (χ4v) is 4.31. The highest BCUT2D eigenvalue weighted by Crippen LogP contribution is 2.46. The monoisotopic (exact) mass is 339 g/mol. The third-order valence-corrected chi connectivity index (χ3v) is 5.50. The van der Waals surface area contributed by atoms with Crippen molar-refractivity contribution < 1.29 is 4.79 Å². The molecule has 3 aromatic rings. The van der Waals surface area contributed by atoms with E-state index >= 15 is 0 Å². The highest BCUT2D eigenvalue weighted by atomic mass is 35.5. The maximum Gasteiger partial charge on any atom is 0.225 e. The molecule has 1 atom stereocenters. The molecular formula is C19H14ClNOS. The summed E-state index contributed by atoms with van der Waals surface area (Å²) in [5.74, 6) is 0.159. The van der Waals surface area contributed by atoms with Crippen LogP contribution in [0, 0.1) is 0 Å². The highest BCUT2D eigenvalue weighted by molar-refractivity contribution is 7.11. The van der Waals surface area contributed by atoms with Crippen molar-refractivity contribution in [1.82, 2.24) is 0 Å². The summed E-state index contributed by atoms with van der Waals surface area (Å²) >= 11 is 7.70. The predicted molar refractivity (Wildman–Crippen MR) is 96.3 cm³/mol. The molecule has 0 fully saturated rings. The molecule has 1 aromatic heterocycles. The summed E-state index contributed by atoms with van der Waals surface area (Å²) in [6, 6.07) is 18.0. The fourth-order valence-electron chi connectivity index (χ4n) is 3.02. The van der Waals surface area contributed by atoms with Crippen molar-refractivity contribution in [2.75, 3.05) is 5.32 Å². The Morgan fingerprint density at radius 2 is 1.78 bits per heavy atom. The van der Waals surface area contributed by atoms with E-state index in [0.29, 0.717) is 11.4 Å². The number of rotatable bonds is 2. The molecular weight excluding hydrogens is 326 g/mol. The van der Waals surface area contributed by atoms with E-state index in [4.69, 9.17) is 11.6 Å². The number of carbonyl (C=O) groups is 1. The number of thiophene rings is 1. The van der Waals surface area contributed by atoms with Gasteiger partial charge >= 0.3 is 0 Å². The van der Waals surface area contributed by atoms with Crippen LogP contribution in [0.25, 0.3) is 11.1 Å². The molecule has 0 saturated heterocycles. The lowest BCUT2D eigenvalue weighted by Crippen LogP contribution is -2.22. The first-order valence-corrected chi connectivity index (χ1v) is 8.70. The minimum absolute atomic E-state index is 0.0630. The first kappa shape index (κ1) is 14.5. The minimum Gasteiger partial charge on any atom is -0.325 e. The SMILES string of the molecule is O=C1C[C@@H](c2ccc(Cl)cc2)c2scc(-c3ccccc3)c2N1. The number of hydrogen-bond donors (Lipinski definition) is 1. The van der Waals surface area contributed by atoms with Gasteiger partial charge in [0.2, 0.25) is 5.91 Å². The van der Waals surface area contributed by atoms with Gasteiger partial charge in [0.25, 0.3) is 0 Å². The Labute approximate surface area is 143 Å². The van der Waals surface area contributed by atoms with Crippen LogP contribution >= 0.6 is 22.9 Å². The van der Waals surface area contributed by atoms with Crippen molar-refractivity contribution in [2.45, 2.75) is 12.3 Å². The molecule has 0 bridgehead atoms. The van der Waals surface area contributed by atoms with Crippen LogP contribution in [0.4, 0.5) is 5.69 Å². The Morgan fingerprint density at radius 1 is 1.04 bits per heavy atom. The third-order valence-electron chi connectivity index (χ3n) is 4.15. The number of hydrogen-bond acceptors (Lipinski definition) is 2. The third kappa shape index (κ3) is 2.67. The molecule has 4 rings (SSSR count). The van der Waals surface area contributed by atoms with E-state index < -0.39 is 0 Å². The molecule has 2 heterocycles. The van der Waals surface area contributed by atoms with E-state index in [9.17, 15) is 4.79 Å². The Bertz CT molecular complexity index is 855. The quantitative estimate of drug-likeness (QED) is 0.652. The number of anilines is 1. The number of benzene rings is 2. The summed E-state index contributed by atoms with van der Waals surface area (Å²) in [4.78, 5) is 13.4.